The van der Waals surface area contributed by atoms with Crippen LogP contribution in [-0.2, 0) is 18.3 Å². The van der Waals surface area contributed by atoms with E-state index in [0.717, 1.165) is 12.8 Å². The second-order valence-corrected chi connectivity index (χ2v) is 7.91. The quantitative estimate of drug-likeness (QED) is 0.280. The van der Waals surface area contributed by atoms with E-state index in [-0.39, 0.29) is 0 Å². The third-order valence-corrected chi connectivity index (χ3v) is 4.04. The van der Waals surface area contributed by atoms with Gasteiger partial charge in [-0.25, -0.2) is 0 Å². The van der Waals surface area contributed by atoms with E-state index in [1.165, 1.54) is 0 Å². The molecule has 0 aliphatic heterocycles. The van der Waals surface area contributed by atoms with Crippen molar-refractivity contribution < 1.29 is 18.3 Å². The molecule has 0 heterocycles. The minimum Gasteiger partial charge on any atom is -0.394 e. The molecule has 0 aromatic rings. The van der Waals surface area contributed by atoms with Crippen molar-refractivity contribution in [3.63, 3.8) is 0 Å². The summed E-state index contributed by atoms with van der Waals surface area (Å²) in [5, 5.41) is 0. The molecule has 0 saturated heterocycles. The maximum absolute atomic E-state index is 5.79. The van der Waals surface area contributed by atoms with Crippen molar-refractivity contribution in [1.29, 1.82) is 0 Å². The van der Waals surface area contributed by atoms with Gasteiger partial charge < -0.3 is 18.3 Å². The molecule has 0 saturated carbocycles. The number of ether oxygens (including phenoxy) is 2. The summed E-state index contributed by atoms with van der Waals surface area (Å²) in [6.45, 7) is 15.3. The van der Waals surface area contributed by atoms with Crippen LogP contribution in [-0.4, -0.2) is 48.2 Å². The van der Waals surface area contributed by atoms with Crippen LogP contribution < -0.4 is 0 Å². The van der Waals surface area contributed by atoms with Crippen LogP contribution >= 0.6 is 0 Å². The average molecular weight is 288 g/mol. The van der Waals surface area contributed by atoms with E-state index in [1.807, 2.05) is 0 Å². The van der Waals surface area contributed by atoms with Crippen molar-refractivity contribution in [2.75, 3.05) is 39.6 Å². The van der Waals surface area contributed by atoms with Crippen molar-refractivity contribution in [3.8, 4) is 0 Å². The highest BCUT2D eigenvalue weighted by atomic mass is 28.4. The molecule has 4 nitrogen and oxygen atoms in total. The molecular weight excluding hydrogens is 260 g/mol. The summed E-state index contributed by atoms with van der Waals surface area (Å²) in [5.41, 5.74) is 0. The molecule has 0 unspecified atom stereocenters. The lowest BCUT2D eigenvalue weighted by atomic mass is 10.5. The fourth-order valence-corrected chi connectivity index (χ4v) is 2.69. The van der Waals surface area contributed by atoms with Gasteiger partial charge in [0.1, 0.15) is 0 Å². The fourth-order valence-electron chi connectivity index (χ4n) is 1.33. The normalized spacial score (nSPS) is 11.5. The third-order valence-electron chi connectivity index (χ3n) is 2.24. The highest BCUT2D eigenvalue weighted by Crippen LogP contribution is 2.07. The van der Waals surface area contributed by atoms with E-state index in [2.05, 4.69) is 26.3 Å². The van der Waals surface area contributed by atoms with Crippen molar-refractivity contribution in [1.82, 2.24) is 0 Å². The molecule has 5 heteroatoms. The Morgan fingerprint density at radius 2 is 1.21 bits per heavy atom. The molecule has 0 aromatic heterocycles. The predicted octanol–water partition coefficient (Wildman–Crippen LogP) is 2.91. The molecule has 0 atom stereocenters. The monoisotopic (exact) mass is 288 g/mol. The lowest BCUT2D eigenvalue weighted by Crippen LogP contribution is -2.36. The smallest absolute Gasteiger partial charge is 0.331 e. The van der Waals surface area contributed by atoms with Crippen LogP contribution in [0.15, 0.2) is 25.3 Å². The lowest BCUT2D eigenvalue weighted by molar-refractivity contribution is 0.112. The summed E-state index contributed by atoms with van der Waals surface area (Å²) in [7, 11) is -1.99. The van der Waals surface area contributed by atoms with E-state index in [0.29, 0.717) is 39.6 Å². The van der Waals surface area contributed by atoms with E-state index < -0.39 is 8.56 Å². The third kappa shape index (κ3) is 13.8. The van der Waals surface area contributed by atoms with Crippen LogP contribution in [0, 0.1) is 0 Å². The zero-order valence-electron chi connectivity index (χ0n) is 12.4. The molecule has 0 aromatic carbocycles. The van der Waals surface area contributed by atoms with Gasteiger partial charge in [-0.05, 0) is 25.9 Å². The molecule has 19 heavy (non-hydrogen) atoms. The van der Waals surface area contributed by atoms with Crippen LogP contribution in [0.1, 0.15) is 12.8 Å². The Morgan fingerprint density at radius 1 is 0.789 bits per heavy atom. The van der Waals surface area contributed by atoms with Gasteiger partial charge in [0.2, 0.25) is 0 Å². The van der Waals surface area contributed by atoms with Crippen molar-refractivity contribution in [2.45, 2.75) is 25.9 Å². The second-order valence-electron chi connectivity index (χ2n) is 4.53. The van der Waals surface area contributed by atoms with E-state index in [4.69, 9.17) is 18.3 Å². The van der Waals surface area contributed by atoms with Gasteiger partial charge in [-0.2, -0.15) is 0 Å². The maximum Gasteiger partial charge on any atom is 0.331 e. The van der Waals surface area contributed by atoms with Crippen molar-refractivity contribution >= 4 is 8.56 Å². The molecule has 0 aliphatic carbocycles. The summed E-state index contributed by atoms with van der Waals surface area (Å²) in [4.78, 5) is 0. The molecule has 0 rings (SSSR count). The van der Waals surface area contributed by atoms with E-state index in [1.54, 1.807) is 12.2 Å². The Hall–Kier alpha value is -0.463. The molecule has 112 valence electrons. The Morgan fingerprint density at radius 3 is 1.58 bits per heavy atom. The first-order valence-electron chi connectivity index (χ1n) is 6.77. The summed E-state index contributed by atoms with van der Waals surface area (Å²) in [5.74, 6) is 0. The minimum absolute atomic E-state index is 0.599. The molecular formula is C14H28O4Si. The van der Waals surface area contributed by atoms with Crippen LogP contribution in [0.5, 0.6) is 0 Å². The number of hydrogen-bond acceptors (Lipinski definition) is 4. The highest BCUT2D eigenvalue weighted by Gasteiger charge is 2.23. The predicted molar refractivity (Wildman–Crippen MR) is 80.7 cm³/mol. The SMILES string of the molecule is C=CCOCCCO[Si](C)(C)OCCCOCC=C. The maximum atomic E-state index is 5.79. The van der Waals surface area contributed by atoms with Crippen molar-refractivity contribution in [3.05, 3.63) is 25.3 Å². The summed E-state index contributed by atoms with van der Waals surface area (Å²) >= 11 is 0. The second kappa shape index (κ2) is 12.6. The molecule has 0 bridgehead atoms. The lowest BCUT2D eigenvalue weighted by Gasteiger charge is -2.22. The first-order valence-corrected chi connectivity index (χ1v) is 9.59. The summed E-state index contributed by atoms with van der Waals surface area (Å²) in [6.07, 6.45) is 5.26. The first kappa shape index (κ1) is 18.5. The Bertz CT molecular complexity index is 209. The first-order chi connectivity index (χ1) is 9.12. The van der Waals surface area contributed by atoms with Gasteiger partial charge in [0, 0.05) is 26.4 Å². The molecule has 0 spiro atoms. The van der Waals surface area contributed by atoms with Gasteiger partial charge in [0.25, 0.3) is 0 Å². The van der Waals surface area contributed by atoms with Crippen LogP contribution in [0.3, 0.4) is 0 Å². The molecule has 0 fully saturated rings. The largest absolute Gasteiger partial charge is 0.394 e. The topological polar surface area (TPSA) is 36.9 Å². The Labute approximate surface area is 118 Å². The minimum atomic E-state index is -1.99. The van der Waals surface area contributed by atoms with E-state index in [9.17, 15) is 0 Å². The van der Waals surface area contributed by atoms with Crippen LogP contribution in [0.25, 0.3) is 0 Å². The standard InChI is InChI=1S/C14H28O4Si/c1-5-9-15-11-7-13-17-19(3,4)18-14-8-12-16-10-6-2/h5-6H,1-2,7-14H2,3-4H3. The van der Waals surface area contributed by atoms with Crippen LogP contribution in [0.4, 0.5) is 0 Å². The molecule has 0 aliphatic rings. The van der Waals surface area contributed by atoms with Gasteiger partial charge in [-0.15, -0.1) is 13.2 Å². The van der Waals surface area contributed by atoms with Crippen molar-refractivity contribution in [2.24, 2.45) is 0 Å². The van der Waals surface area contributed by atoms with Gasteiger partial charge >= 0.3 is 8.56 Å². The zero-order chi connectivity index (χ0) is 14.4. The Balaban J connectivity index is 3.41. The van der Waals surface area contributed by atoms with Gasteiger partial charge in [-0.1, -0.05) is 12.2 Å². The molecule has 0 radical (unpaired) electrons. The van der Waals surface area contributed by atoms with Gasteiger partial charge in [0.15, 0.2) is 0 Å². The fraction of sp³-hybridized carbons (Fsp3) is 0.714. The summed E-state index contributed by atoms with van der Waals surface area (Å²) in [6, 6.07) is 0. The van der Waals surface area contributed by atoms with Gasteiger partial charge in [0.05, 0.1) is 13.2 Å². The number of rotatable bonds is 14. The number of hydrogen-bond donors (Lipinski definition) is 0. The van der Waals surface area contributed by atoms with Crippen LogP contribution in [0.2, 0.25) is 13.1 Å². The van der Waals surface area contributed by atoms with E-state index >= 15 is 0 Å². The Kier molecular flexibility index (Phi) is 12.3. The highest BCUT2D eigenvalue weighted by molar-refractivity contribution is 6.64. The molecule has 0 amide bonds. The summed E-state index contributed by atoms with van der Waals surface area (Å²) < 4.78 is 22.2. The molecule has 0 N–H and O–H groups in total. The van der Waals surface area contributed by atoms with Gasteiger partial charge in [-0.3, -0.25) is 0 Å². The average Bonchev–Trinajstić information content (AvgIpc) is 2.38. The zero-order valence-corrected chi connectivity index (χ0v) is 13.4.